The first kappa shape index (κ1) is 16.2. The quantitative estimate of drug-likeness (QED) is 0.872. The Bertz CT molecular complexity index is 746. The smallest absolute Gasteiger partial charge is 0.146 e. The van der Waals surface area contributed by atoms with Gasteiger partial charge >= 0.3 is 0 Å². The fourth-order valence-electron chi connectivity index (χ4n) is 3.29. The van der Waals surface area contributed by atoms with Gasteiger partial charge in [-0.25, -0.2) is 9.97 Å². The van der Waals surface area contributed by atoms with Gasteiger partial charge in [0.1, 0.15) is 16.5 Å². The minimum Gasteiger partial charge on any atom is -0.383 e. The normalized spacial score (nSPS) is 16.1. The highest BCUT2D eigenvalue weighted by atomic mass is 32.1. The van der Waals surface area contributed by atoms with Crippen LogP contribution in [0, 0.1) is 17.2 Å². The number of aromatic nitrogens is 2. The largest absolute Gasteiger partial charge is 0.383 e. The zero-order valence-electron chi connectivity index (χ0n) is 13.8. The molecule has 5 nitrogen and oxygen atoms in total. The van der Waals surface area contributed by atoms with Gasteiger partial charge < -0.3 is 5.73 Å². The zero-order chi connectivity index (χ0) is 16.4. The molecule has 0 radical (unpaired) electrons. The number of nitrogen functional groups attached to an aromatic ring is 1. The molecular weight excluding hydrogens is 306 g/mol. The highest BCUT2D eigenvalue weighted by Crippen LogP contribution is 2.37. The highest BCUT2D eigenvalue weighted by Gasteiger charge is 2.19. The molecule has 0 aromatic carbocycles. The van der Waals surface area contributed by atoms with Crippen molar-refractivity contribution in [2.75, 3.05) is 19.3 Å². The highest BCUT2D eigenvalue weighted by molar-refractivity contribution is 7.18. The summed E-state index contributed by atoms with van der Waals surface area (Å²) in [5.41, 5.74) is 7.65. The topological polar surface area (TPSA) is 78.8 Å². The van der Waals surface area contributed by atoms with Crippen LogP contribution in [0.15, 0.2) is 0 Å². The Morgan fingerprint density at radius 1 is 1.30 bits per heavy atom. The van der Waals surface area contributed by atoms with E-state index in [0.29, 0.717) is 18.9 Å². The molecule has 3 rings (SSSR count). The van der Waals surface area contributed by atoms with Gasteiger partial charge in [0.25, 0.3) is 0 Å². The van der Waals surface area contributed by atoms with E-state index >= 15 is 0 Å². The van der Waals surface area contributed by atoms with E-state index in [-0.39, 0.29) is 5.92 Å². The van der Waals surface area contributed by atoms with Crippen molar-refractivity contribution in [2.45, 2.75) is 45.6 Å². The van der Waals surface area contributed by atoms with Crippen molar-refractivity contribution >= 4 is 27.4 Å². The van der Waals surface area contributed by atoms with Gasteiger partial charge in [-0.15, -0.1) is 11.3 Å². The summed E-state index contributed by atoms with van der Waals surface area (Å²) in [5.74, 6) is 1.36. The molecule has 2 N–H and O–H groups in total. The molecule has 0 unspecified atom stereocenters. The Balaban J connectivity index is 1.88. The van der Waals surface area contributed by atoms with Crippen LogP contribution in [0.2, 0.25) is 0 Å². The Morgan fingerprint density at radius 3 is 2.87 bits per heavy atom. The Labute approximate surface area is 141 Å². The van der Waals surface area contributed by atoms with E-state index in [1.54, 1.807) is 11.3 Å². The molecule has 23 heavy (non-hydrogen) atoms. The molecule has 2 heterocycles. The van der Waals surface area contributed by atoms with Gasteiger partial charge in [-0.3, -0.25) is 4.90 Å². The van der Waals surface area contributed by atoms with Gasteiger partial charge in [-0.1, -0.05) is 6.42 Å². The number of nitrogens with zero attached hydrogens (tertiary/aromatic N) is 4. The number of hydrogen-bond donors (Lipinski definition) is 1. The third-order valence-electron chi connectivity index (χ3n) is 4.36. The predicted octanol–water partition coefficient (Wildman–Crippen LogP) is 3.13. The second kappa shape index (κ2) is 6.81. The van der Waals surface area contributed by atoms with Crippen LogP contribution in [0.1, 0.15) is 42.5 Å². The number of nitrogens with two attached hydrogens (primary N) is 1. The fraction of sp³-hybridized carbons (Fsp3) is 0.588. The summed E-state index contributed by atoms with van der Waals surface area (Å²) in [7, 11) is 1.99. The average molecular weight is 329 g/mol. The van der Waals surface area contributed by atoms with Crippen LogP contribution < -0.4 is 5.73 Å². The molecule has 2 aromatic heterocycles. The first-order valence-electron chi connectivity index (χ1n) is 8.23. The van der Waals surface area contributed by atoms with E-state index in [1.165, 1.54) is 29.7 Å². The summed E-state index contributed by atoms with van der Waals surface area (Å²) in [6.07, 6.45) is 6.03. The number of fused-ring (bicyclic) bond motifs is 3. The Morgan fingerprint density at radius 2 is 2.09 bits per heavy atom. The van der Waals surface area contributed by atoms with Crippen molar-refractivity contribution in [2.24, 2.45) is 5.92 Å². The third kappa shape index (κ3) is 3.46. The molecule has 0 amide bonds. The lowest BCUT2D eigenvalue weighted by Crippen LogP contribution is -2.24. The lowest BCUT2D eigenvalue weighted by atomic mass is 10.1. The molecular formula is C17H23N5S. The van der Waals surface area contributed by atoms with Crippen molar-refractivity contribution in [1.29, 1.82) is 5.26 Å². The van der Waals surface area contributed by atoms with Gasteiger partial charge in [0.2, 0.25) is 0 Å². The summed E-state index contributed by atoms with van der Waals surface area (Å²) >= 11 is 1.78. The van der Waals surface area contributed by atoms with Crippen molar-refractivity contribution in [3.05, 3.63) is 16.3 Å². The average Bonchev–Trinajstić information content (AvgIpc) is 2.69. The first-order chi connectivity index (χ1) is 11.1. The van der Waals surface area contributed by atoms with E-state index in [1.807, 2.05) is 14.0 Å². The fourth-order valence-corrected chi connectivity index (χ4v) is 4.58. The van der Waals surface area contributed by atoms with Crippen LogP contribution in [-0.4, -0.2) is 28.5 Å². The molecule has 122 valence electrons. The number of nitriles is 1. The molecule has 6 heteroatoms. The van der Waals surface area contributed by atoms with Crippen LogP contribution >= 0.6 is 11.3 Å². The Hall–Kier alpha value is -1.71. The van der Waals surface area contributed by atoms with E-state index < -0.39 is 0 Å². The Kier molecular flexibility index (Phi) is 4.79. The summed E-state index contributed by atoms with van der Waals surface area (Å²) in [4.78, 5) is 13.8. The lowest BCUT2D eigenvalue weighted by molar-refractivity contribution is 0.296. The minimum atomic E-state index is -0.00104. The molecule has 0 saturated heterocycles. The second-order valence-electron chi connectivity index (χ2n) is 6.50. The van der Waals surface area contributed by atoms with Gasteiger partial charge in [0.05, 0.1) is 23.9 Å². The van der Waals surface area contributed by atoms with Gasteiger partial charge in [0, 0.05) is 11.4 Å². The SMILES string of the molecule is C[C@@H](C#N)CN(C)Cc1nc(N)c2c3c(sc2n1)CCCCC3. The molecule has 2 aromatic rings. The van der Waals surface area contributed by atoms with Crippen LogP contribution in [0.3, 0.4) is 0 Å². The van der Waals surface area contributed by atoms with Gasteiger partial charge in [-0.2, -0.15) is 5.26 Å². The molecule has 0 spiro atoms. The summed E-state index contributed by atoms with van der Waals surface area (Å²) in [5, 5.41) is 10.0. The maximum Gasteiger partial charge on any atom is 0.146 e. The van der Waals surface area contributed by atoms with Gasteiger partial charge in [-0.05, 0) is 45.2 Å². The molecule has 0 bridgehead atoms. The maximum atomic E-state index is 8.93. The minimum absolute atomic E-state index is 0.00104. The predicted molar refractivity (Wildman–Crippen MR) is 94.2 cm³/mol. The number of thiophene rings is 1. The van der Waals surface area contributed by atoms with E-state index in [9.17, 15) is 0 Å². The monoisotopic (exact) mass is 329 g/mol. The second-order valence-corrected chi connectivity index (χ2v) is 7.58. The van der Waals surface area contributed by atoms with Crippen molar-refractivity contribution in [3.8, 4) is 6.07 Å². The summed E-state index contributed by atoms with van der Waals surface area (Å²) < 4.78 is 0. The van der Waals surface area contributed by atoms with Crippen molar-refractivity contribution in [1.82, 2.24) is 14.9 Å². The number of hydrogen-bond acceptors (Lipinski definition) is 6. The van der Waals surface area contributed by atoms with Crippen molar-refractivity contribution in [3.63, 3.8) is 0 Å². The standard InChI is InChI=1S/C17H23N5S/c1-11(8-18)9-22(2)10-14-20-16(19)15-12-6-4-3-5-7-13(12)23-17(15)21-14/h11H,3-7,9-10H2,1-2H3,(H2,19,20,21)/t11-/m0/s1. The van der Waals surface area contributed by atoms with E-state index in [2.05, 4.69) is 16.0 Å². The van der Waals surface area contributed by atoms with Crippen LogP contribution in [0.4, 0.5) is 5.82 Å². The van der Waals surface area contributed by atoms with Crippen LogP contribution in [0.5, 0.6) is 0 Å². The summed E-state index contributed by atoms with van der Waals surface area (Å²) in [6, 6.07) is 2.26. The molecule has 0 aliphatic heterocycles. The maximum absolute atomic E-state index is 8.93. The molecule has 0 saturated carbocycles. The molecule has 1 aliphatic carbocycles. The van der Waals surface area contributed by atoms with E-state index in [0.717, 1.165) is 28.9 Å². The number of aryl methyl sites for hydroxylation is 2. The van der Waals surface area contributed by atoms with Crippen LogP contribution in [0.25, 0.3) is 10.2 Å². The first-order valence-corrected chi connectivity index (χ1v) is 9.05. The van der Waals surface area contributed by atoms with E-state index in [4.69, 9.17) is 16.0 Å². The zero-order valence-corrected chi connectivity index (χ0v) is 14.6. The van der Waals surface area contributed by atoms with Crippen molar-refractivity contribution < 1.29 is 0 Å². The number of rotatable bonds is 4. The molecule has 1 atom stereocenters. The summed E-state index contributed by atoms with van der Waals surface area (Å²) in [6.45, 7) is 3.25. The number of anilines is 1. The molecule has 0 fully saturated rings. The van der Waals surface area contributed by atoms with Crippen LogP contribution in [-0.2, 0) is 19.4 Å². The van der Waals surface area contributed by atoms with Gasteiger partial charge in [0.15, 0.2) is 0 Å². The third-order valence-corrected chi connectivity index (χ3v) is 5.54. The lowest BCUT2D eigenvalue weighted by Gasteiger charge is -2.16. The molecule has 1 aliphatic rings.